The number of nitrogens with zero attached hydrogens (tertiary/aromatic N) is 1. The summed E-state index contributed by atoms with van der Waals surface area (Å²) >= 11 is 0. The molecule has 1 amide bonds. The summed E-state index contributed by atoms with van der Waals surface area (Å²) in [6, 6.07) is -0.187. The zero-order valence-electron chi connectivity index (χ0n) is 10.9. The number of ether oxygens (including phenoxy) is 2. The monoisotopic (exact) mass is 271 g/mol. The van der Waals surface area contributed by atoms with Crippen LogP contribution in [0.4, 0.5) is 0 Å². The van der Waals surface area contributed by atoms with E-state index in [1.165, 1.54) is 0 Å². The van der Waals surface area contributed by atoms with Gasteiger partial charge in [-0.25, -0.2) is 9.59 Å². The maximum absolute atomic E-state index is 11.8. The predicted molar refractivity (Wildman–Crippen MR) is 63.8 cm³/mol. The Labute approximate surface area is 110 Å². The molecular formula is C12H17NO6. The van der Waals surface area contributed by atoms with Gasteiger partial charge >= 0.3 is 11.9 Å². The summed E-state index contributed by atoms with van der Waals surface area (Å²) in [6.07, 6.45) is 1.81. The van der Waals surface area contributed by atoms with E-state index in [2.05, 4.69) is 4.74 Å². The van der Waals surface area contributed by atoms with Gasteiger partial charge < -0.3 is 19.5 Å². The largest absolute Gasteiger partial charge is 0.500 e. The molecule has 7 heteroatoms. The molecule has 0 aromatic rings. The third-order valence-corrected chi connectivity index (χ3v) is 2.47. The van der Waals surface area contributed by atoms with Gasteiger partial charge in [-0.1, -0.05) is 0 Å². The predicted octanol–water partition coefficient (Wildman–Crippen LogP) is 0.503. The Balaban J connectivity index is 3.08. The maximum atomic E-state index is 11.8. The fourth-order valence-electron chi connectivity index (χ4n) is 1.49. The Morgan fingerprint density at radius 1 is 1.21 bits per heavy atom. The zero-order chi connectivity index (χ0) is 14.4. The summed E-state index contributed by atoms with van der Waals surface area (Å²) in [5.74, 6) is -2.88. The van der Waals surface area contributed by atoms with Crippen molar-refractivity contribution < 1.29 is 29.0 Å². The van der Waals surface area contributed by atoms with Gasteiger partial charge in [0, 0.05) is 6.04 Å². The summed E-state index contributed by atoms with van der Waals surface area (Å²) in [4.78, 5) is 35.3. The molecule has 1 fully saturated rings. The van der Waals surface area contributed by atoms with E-state index < -0.39 is 23.4 Å². The maximum Gasteiger partial charge on any atom is 0.375 e. The lowest BCUT2D eigenvalue weighted by molar-refractivity contribution is -0.146. The molecule has 7 nitrogen and oxygen atoms in total. The third-order valence-electron chi connectivity index (χ3n) is 2.47. The van der Waals surface area contributed by atoms with Gasteiger partial charge in [0.25, 0.3) is 0 Å². The van der Waals surface area contributed by atoms with E-state index in [0.717, 1.165) is 4.90 Å². The molecule has 1 rings (SSSR count). The quantitative estimate of drug-likeness (QED) is 0.314. The van der Waals surface area contributed by atoms with Crippen molar-refractivity contribution in [2.45, 2.75) is 32.7 Å². The molecule has 0 aliphatic heterocycles. The first-order chi connectivity index (χ1) is 9.06. The fraction of sp³-hybridized carbons (Fsp3) is 0.583. The number of hydrogen-bond acceptors (Lipinski definition) is 6. The highest BCUT2D eigenvalue weighted by atomic mass is 16.5. The number of amides is 1. The Kier molecular flexibility index (Phi) is 5.35. The minimum Gasteiger partial charge on any atom is -0.500 e. The summed E-state index contributed by atoms with van der Waals surface area (Å²) in [6.45, 7) is 3.26. The second-order valence-electron chi connectivity index (χ2n) is 3.88. The second kappa shape index (κ2) is 6.77. The molecule has 0 radical (unpaired) electrons. The van der Waals surface area contributed by atoms with E-state index in [9.17, 15) is 19.5 Å². The number of carbonyl (C=O) groups is 3. The molecule has 1 aliphatic rings. The van der Waals surface area contributed by atoms with Crippen molar-refractivity contribution in [2.75, 3.05) is 13.2 Å². The molecule has 0 atom stereocenters. The molecule has 19 heavy (non-hydrogen) atoms. The molecule has 0 aromatic heterocycles. The fourth-order valence-corrected chi connectivity index (χ4v) is 1.49. The zero-order valence-corrected chi connectivity index (χ0v) is 10.9. The van der Waals surface area contributed by atoms with Crippen molar-refractivity contribution in [3.63, 3.8) is 0 Å². The second-order valence-corrected chi connectivity index (χ2v) is 3.88. The number of aliphatic hydroxyl groups excluding tert-OH is 1. The van der Waals surface area contributed by atoms with Crippen LogP contribution in [0.15, 0.2) is 11.5 Å². The Morgan fingerprint density at radius 3 is 2.16 bits per heavy atom. The molecule has 1 saturated carbocycles. The van der Waals surface area contributed by atoms with E-state index in [-0.39, 0.29) is 19.3 Å². The Morgan fingerprint density at radius 2 is 1.74 bits per heavy atom. The van der Waals surface area contributed by atoms with Crippen LogP contribution in [0.25, 0.3) is 0 Å². The van der Waals surface area contributed by atoms with Crippen molar-refractivity contribution in [1.29, 1.82) is 0 Å². The van der Waals surface area contributed by atoms with Gasteiger partial charge in [-0.15, -0.1) is 0 Å². The van der Waals surface area contributed by atoms with E-state index in [0.29, 0.717) is 19.3 Å². The average Bonchev–Trinajstić information content (AvgIpc) is 3.19. The summed E-state index contributed by atoms with van der Waals surface area (Å²) < 4.78 is 9.36. The first-order valence-corrected chi connectivity index (χ1v) is 6.07. The topological polar surface area (TPSA) is 93.1 Å². The lowest BCUT2D eigenvalue weighted by Gasteiger charge is -2.19. The van der Waals surface area contributed by atoms with Crippen LogP contribution in [0.3, 0.4) is 0 Å². The number of esters is 2. The van der Waals surface area contributed by atoms with Gasteiger partial charge in [0.05, 0.1) is 13.2 Å². The number of carbonyl (C=O) groups excluding carboxylic acids is 3. The number of hydrogen-bond donors (Lipinski definition) is 1. The molecule has 0 unspecified atom stereocenters. The van der Waals surface area contributed by atoms with E-state index in [4.69, 9.17) is 4.74 Å². The van der Waals surface area contributed by atoms with Crippen LogP contribution in [-0.2, 0) is 23.9 Å². The molecule has 1 aliphatic carbocycles. The summed E-state index contributed by atoms with van der Waals surface area (Å²) in [5.41, 5.74) is -0.460. The highest BCUT2D eigenvalue weighted by Gasteiger charge is 2.37. The van der Waals surface area contributed by atoms with Gasteiger partial charge in [-0.3, -0.25) is 4.79 Å². The third kappa shape index (κ3) is 3.70. The molecule has 0 saturated heterocycles. The Hall–Kier alpha value is -2.05. The molecule has 0 heterocycles. The van der Waals surface area contributed by atoms with Crippen LogP contribution < -0.4 is 0 Å². The van der Waals surface area contributed by atoms with Crippen molar-refractivity contribution in [1.82, 2.24) is 4.90 Å². The smallest absolute Gasteiger partial charge is 0.375 e. The van der Waals surface area contributed by atoms with E-state index >= 15 is 0 Å². The lowest BCUT2D eigenvalue weighted by Crippen LogP contribution is -2.32. The van der Waals surface area contributed by atoms with Crippen LogP contribution in [0.5, 0.6) is 0 Å². The van der Waals surface area contributed by atoms with E-state index in [1.54, 1.807) is 13.8 Å². The minimum absolute atomic E-state index is 0.0452. The SMILES string of the molecule is CCOC(=O)/C(O)=C(\C(=O)OCC)N(C=O)C1CC1. The Bertz CT molecular complexity index is 399. The van der Waals surface area contributed by atoms with Crippen LogP contribution in [0, 0.1) is 0 Å². The van der Waals surface area contributed by atoms with Gasteiger partial charge in [0.1, 0.15) is 0 Å². The molecule has 0 spiro atoms. The molecule has 0 bridgehead atoms. The minimum atomic E-state index is -1.06. The molecule has 1 N–H and O–H groups in total. The van der Waals surface area contributed by atoms with Crippen molar-refractivity contribution >= 4 is 18.3 Å². The van der Waals surface area contributed by atoms with E-state index in [1.807, 2.05) is 0 Å². The summed E-state index contributed by atoms with van der Waals surface area (Å²) in [7, 11) is 0. The van der Waals surface area contributed by atoms with Crippen molar-refractivity contribution in [3.05, 3.63) is 11.5 Å². The summed E-state index contributed by atoms with van der Waals surface area (Å²) in [5, 5.41) is 9.79. The van der Waals surface area contributed by atoms with Gasteiger partial charge in [0.2, 0.25) is 12.2 Å². The van der Waals surface area contributed by atoms with Gasteiger partial charge in [0.15, 0.2) is 5.70 Å². The number of aliphatic hydroxyl groups is 1. The highest BCUT2D eigenvalue weighted by Crippen LogP contribution is 2.30. The number of rotatable bonds is 7. The van der Waals surface area contributed by atoms with Gasteiger partial charge in [-0.2, -0.15) is 0 Å². The molecule has 106 valence electrons. The average molecular weight is 271 g/mol. The molecular weight excluding hydrogens is 254 g/mol. The highest BCUT2D eigenvalue weighted by molar-refractivity contribution is 5.99. The normalized spacial score (nSPS) is 15.3. The first-order valence-electron chi connectivity index (χ1n) is 6.07. The van der Waals surface area contributed by atoms with Crippen LogP contribution in [0.1, 0.15) is 26.7 Å². The van der Waals surface area contributed by atoms with Crippen molar-refractivity contribution in [2.24, 2.45) is 0 Å². The molecule has 0 aromatic carbocycles. The van der Waals surface area contributed by atoms with Crippen molar-refractivity contribution in [3.8, 4) is 0 Å². The first kappa shape index (κ1) is 15.0. The standard InChI is InChI=1S/C12H17NO6/c1-3-18-11(16)9(10(15)12(17)19-4-2)13(7-14)8-5-6-8/h7-8,15H,3-6H2,1-2H3/b10-9-. The lowest BCUT2D eigenvalue weighted by atomic mass is 10.3. The van der Waals surface area contributed by atoms with Crippen LogP contribution in [0.2, 0.25) is 0 Å². The van der Waals surface area contributed by atoms with Gasteiger partial charge in [-0.05, 0) is 26.7 Å². The van der Waals surface area contributed by atoms with Crippen LogP contribution in [-0.4, -0.2) is 47.6 Å². The van der Waals surface area contributed by atoms with Crippen LogP contribution >= 0.6 is 0 Å².